The molecule has 1 N–H and O–H groups in total. The second kappa shape index (κ2) is 4.90. The average molecular weight is 293 g/mol. The molecule has 102 valence electrons. The number of benzene rings is 1. The molecule has 0 spiro atoms. The maximum atomic E-state index is 12.1. The smallest absolute Gasteiger partial charge is 0.422 e. The third-order valence-corrected chi connectivity index (χ3v) is 2.98. The van der Waals surface area contributed by atoms with E-state index in [1.54, 1.807) is 24.3 Å². The number of hydrogen-bond acceptors (Lipinski definition) is 4. The van der Waals surface area contributed by atoms with Crippen LogP contribution in [0.25, 0.3) is 0 Å². The lowest BCUT2D eigenvalue weighted by molar-refractivity contribution is 0.202. The second-order valence-corrected chi connectivity index (χ2v) is 4.48. The van der Waals surface area contributed by atoms with Gasteiger partial charge in [-0.05, 0) is 12.1 Å². The van der Waals surface area contributed by atoms with Gasteiger partial charge in [0.15, 0.2) is 12.5 Å². The number of aromatic amines is 1. The van der Waals surface area contributed by atoms with Crippen molar-refractivity contribution in [3.8, 4) is 11.5 Å². The molecule has 1 amide bonds. The van der Waals surface area contributed by atoms with E-state index >= 15 is 0 Å². The number of carbonyl (C=O) groups is 1. The van der Waals surface area contributed by atoms with Gasteiger partial charge in [0.2, 0.25) is 0 Å². The van der Waals surface area contributed by atoms with Gasteiger partial charge in [-0.3, -0.25) is 4.79 Å². The summed E-state index contributed by atoms with van der Waals surface area (Å²) in [5.74, 6) is 0.427. The van der Waals surface area contributed by atoms with Crippen molar-refractivity contribution in [1.29, 1.82) is 0 Å². The monoisotopic (exact) mass is 292 g/mol. The molecule has 0 saturated carbocycles. The van der Waals surface area contributed by atoms with E-state index < -0.39 is 11.7 Å². The number of ether oxygens (including phenoxy) is 2. The molecule has 0 atom stereocenters. The Morgan fingerprint density at radius 3 is 3.05 bits per heavy atom. The predicted octanol–water partition coefficient (Wildman–Crippen LogP) is 2.38. The molecule has 3 rings (SSSR count). The van der Waals surface area contributed by atoms with Gasteiger partial charge in [-0.25, -0.2) is 9.69 Å². The Morgan fingerprint density at radius 2 is 2.20 bits per heavy atom. The molecule has 0 fully saturated rings. The number of para-hydroxylation sites is 2. The van der Waals surface area contributed by atoms with Gasteiger partial charge in [-0.1, -0.05) is 23.7 Å². The van der Waals surface area contributed by atoms with Crippen molar-refractivity contribution in [1.82, 2.24) is 4.98 Å². The summed E-state index contributed by atoms with van der Waals surface area (Å²) in [5, 5.41) is 0.269. The van der Waals surface area contributed by atoms with E-state index in [1.807, 2.05) is 0 Å². The average Bonchev–Trinajstić information content (AvgIpc) is 2.87. The number of H-pyrrole nitrogens is 1. The van der Waals surface area contributed by atoms with Crippen molar-refractivity contribution in [3.63, 3.8) is 0 Å². The van der Waals surface area contributed by atoms with Gasteiger partial charge in [0, 0.05) is 12.3 Å². The molecule has 6 nitrogen and oxygen atoms in total. The summed E-state index contributed by atoms with van der Waals surface area (Å²) in [6.45, 7) is 0.0383. The molecule has 1 aliphatic heterocycles. The summed E-state index contributed by atoms with van der Waals surface area (Å²) in [7, 11) is 0. The number of nitrogens with zero attached hydrogens (tertiary/aromatic N) is 1. The zero-order valence-corrected chi connectivity index (χ0v) is 10.9. The Bertz CT molecular complexity index is 728. The number of rotatable bonds is 1. The summed E-state index contributed by atoms with van der Waals surface area (Å²) in [4.78, 5) is 27.3. The van der Waals surface area contributed by atoms with Crippen LogP contribution in [0.15, 0.2) is 41.3 Å². The van der Waals surface area contributed by atoms with Crippen LogP contribution in [0.4, 0.5) is 10.5 Å². The number of nitrogens with one attached hydrogen (secondary N) is 1. The van der Waals surface area contributed by atoms with Crippen molar-refractivity contribution in [2.24, 2.45) is 0 Å². The first-order chi connectivity index (χ1) is 9.65. The van der Waals surface area contributed by atoms with Crippen LogP contribution in [0.3, 0.4) is 0 Å². The van der Waals surface area contributed by atoms with Crippen molar-refractivity contribution >= 4 is 23.4 Å². The molecule has 0 aliphatic carbocycles. The van der Waals surface area contributed by atoms with Crippen LogP contribution < -0.4 is 19.9 Å². The molecule has 2 aromatic rings. The Morgan fingerprint density at radius 1 is 1.40 bits per heavy atom. The molecule has 1 aliphatic rings. The number of pyridine rings is 1. The van der Waals surface area contributed by atoms with Gasteiger partial charge in [0.25, 0.3) is 5.56 Å². The van der Waals surface area contributed by atoms with Crippen LogP contribution in [-0.4, -0.2) is 17.8 Å². The second-order valence-electron chi connectivity index (χ2n) is 4.05. The normalized spacial score (nSPS) is 12.8. The minimum atomic E-state index is -0.706. The number of aromatic nitrogens is 1. The van der Waals surface area contributed by atoms with E-state index in [9.17, 15) is 9.59 Å². The minimum absolute atomic E-state index is 0.0383. The topological polar surface area (TPSA) is 71.6 Å². The lowest BCUT2D eigenvalue weighted by atomic mass is 10.3. The van der Waals surface area contributed by atoms with Crippen LogP contribution in [0.1, 0.15) is 0 Å². The molecule has 2 heterocycles. The summed E-state index contributed by atoms with van der Waals surface area (Å²) >= 11 is 5.74. The van der Waals surface area contributed by atoms with Crippen LogP contribution >= 0.6 is 11.6 Å². The third kappa shape index (κ3) is 2.21. The van der Waals surface area contributed by atoms with Gasteiger partial charge in [-0.2, -0.15) is 0 Å². The summed E-state index contributed by atoms with van der Waals surface area (Å²) in [6.07, 6.45) is 0.609. The fourth-order valence-corrected chi connectivity index (χ4v) is 1.97. The van der Waals surface area contributed by atoms with E-state index in [2.05, 4.69) is 4.98 Å². The molecule has 0 radical (unpaired) electrons. The number of carbonyl (C=O) groups excluding carboxylic acids is 1. The maximum Gasteiger partial charge on any atom is 0.422 e. The Kier molecular flexibility index (Phi) is 3.08. The number of halogens is 1. The number of amides is 1. The zero-order valence-electron chi connectivity index (χ0n) is 10.1. The fourth-order valence-electron chi connectivity index (χ4n) is 1.82. The molecule has 20 heavy (non-hydrogen) atoms. The molecule has 0 unspecified atom stereocenters. The van der Waals surface area contributed by atoms with E-state index in [-0.39, 0.29) is 17.5 Å². The number of hydrogen-bond donors (Lipinski definition) is 1. The van der Waals surface area contributed by atoms with E-state index in [4.69, 9.17) is 21.1 Å². The minimum Gasteiger partial charge on any atom is -0.470 e. The van der Waals surface area contributed by atoms with Gasteiger partial charge < -0.3 is 14.5 Å². The first-order valence-corrected chi connectivity index (χ1v) is 6.12. The van der Waals surface area contributed by atoms with Crippen LogP contribution in [0.5, 0.6) is 11.5 Å². The van der Waals surface area contributed by atoms with E-state index in [0.29, 0.717) is 11.4 Å². The molecule has 1 aromatic carbocycles. The highest BCUT2D eigenvalue weighted by molar-refractivity contribution is 6.30. The Balaban J connectivity index is 1.85. The molecular weight excluding hydrogens is 284 g/mol. The fraction of sp³-hybridized carbons (Fsp3) is 0.0769. The Hall–Kier alpha value is -2.47. The van der Waals surface area contributed by atoms with Crippen molar-refractivity contribution in [2.45, 2.75) is 0 Å². The first-order valence-electron chi connectivity index (χ1n) is 5.74. The SMILES string of the molecule is O=C(Oc1cc(Cl)c[nH]c1=O)N1COc2ccccc21. The largest absolute Gasteiger partial charge is 0.470 e. The van der Waals surface area contributed by atoms with Crippen LogP contribution in [0.2, 0.25) is 5.02 Å². The summed E-state index contributed by atoms with van der Waals surface area (Å²) < 4.78 is 10.4. The van der Waals surface area contributed by atoms with Crippen molar-refractivity contribution in [2.75, 3.05) is 11.6 Å². The van der Waals surface area contributed by atoms with E-state index in [0.717, 1.165) is 0 Å². The maximum absolute atomic E-state index is 12.1. The highest BCUT2D eigenvalue weighted by atomic mass is 35.5. The van der Waals surface area contributed by atoms with Crippen LogP contribution in [0, 0.1) is 0 Å². The molecular formula is C13H9ClN2O4. The van der Waals surface area contributed by atoms with E-state index in [1.165, 1.54) is 17.2 Å². The number of fused-ring (bicyclic) bond motifs is 1. The standard InChI is InChI=1S/C13H9ClN2O4/c14-8-5-11(12(17)15-6-8)20-13(18)16-7-19-10-4-2-1-3-9(10)16/h1-6H,7H2,(H,15,17). The lowest BCUT2D eigenvalue weighted by Crippen LogP contribution is -2.34. The Labute approximate surface area is 118 Å². The molecule has 7 heteroatoms. The highest BCUT2D eigenvalue weighted by Crippen LogP contribution is 2.33. The van der Waals surface area contributed by atoms with Crippen molar-refractivity contribution < 1.29 is 14.3 Å². The predicted molar refractivity (Wildman–Crippen MR) is 72.5 cm³/mol. The molecule has 0 saturated heterocycles. The van der Waals surface area contributed by atoms with Gasteiger partial charge in [0.05, 0.1) is 10.7 Å². The van der Waals surface area contributed by atoms with Crippen molar-refractivity contribution in [3.05, 3.63) is 51.9 Å². The first kappa shape index (κ1) is 12.6. The quantitative estimate of drug-likeness (QED) is 0.876. The molecule has 1 aromatic heterocycles. The van der Waals surface area contributed by atoms with Gasteiger partial charge in [-0.15, -0.1) is 0 Å². The summed E-state index contributed by atoms with van der Waals surface area (Å²) in [5.41, 5.74) is 0.0621. The lowest BCUT2D eigenvalue weighted by Gasteiger charge is -2.13. The van der Waals surface area contributed by atoms with Gasteiger partial charge >= 0.3 is 6.09 Å². The van der Waals surface area contributed by atoms with Crippen LogP contribution in [-0.2, 0) is 0 Å². The third-order valence-electron chi connectivity index (χ3n) is 2.76. The molecule has 0 bridgehead atoms. The zero-order chi connectivity index (χ0) is 14.1. The van der Waals surface area contributed by atoms with Gasteiger partial charge in [0.1, 0.15) is 5.75 Å². The highest BCUT2D eigenvalue weighted by Gasteiger charge is 2.27. The number of anilines is 1. The summed E-state index contributed by atoms with van der Waals surface area (Å²) in [6, 6.07) is 8.33.